The summed E-state index contributed by atoms with van der Waals surface area (Å²) in [6.07, 6.45) is -1.21. The number of anilines is 1. The lowest BCUT2D eigenvalue weighted by Crippen LogP contribution is -2.72. The molecule has 2 atom stereocenters. The van der Waals surface area contributed by atoms with Gasteiger partial charge in [-0.3, -0.25) is 34.7 Å². The molecule has 0 aliphatic carbocycles. The zero-order chi connectivity index (χ0) is 37.1. The lowest BCUT2D eigenvalue weighted by atomic mass is 9.98. The number of primary amides is 1. The zero-order valence-corrected chi connectivity index (χ0v) is 26.7. The smallest absolute Gasteiger partial charge is 0.404 e. The Hall–Kier alpha value is -6.75. The van der Waals surface area contributed by atoms with E-state index in [1.54, 1.807) is 0 Å². The topological polar surface area (TPSA) is 310 Å². The van der Waals surface area contributed by atoms with Crippen LogP contribution in [0.3, 0.4) is 0 Å². The molecule has 51 heavy (non-hydrogen) atoms. The number of rotatable bonds is 17. The van der Waals surface area contributed by atoms with Gasteiger partial charge in [0, 0.05) is 29.6 Å². The Morgan fingerprint density at radius 2 is 1.45 bits per heavy atom. The van der Waals surface area contributed by atoms with Crippen LogP contribution in [-0.2, 0) is 56.3 Å². The lowest BCUT2D eigenvalue weighted by molar-refractivity contribution is -0.385. The Bertz CT molecular complexity index is 1830. The Kier molecular flexibility index (Phi) is 12.4. The predicted octanol–water partition coefficient (Wildman–Crippen LogP) is 0.472. The van der Waals surface area contributed by atoms with Gasteiger partial charge in [-0.2, -0.15) is 0 Å². The minimum absolute atomic E-state index is 0.0421. The van der Waals surface area contributed by atoms with Crippen LogP contribution in [0.2, 0.25) is 0 Å². The highest BCUT2D eigenvalue weighted by molar-refractivity contribution is 7.13. The number of nitrogens with zero attached hydrogens (tertiary/aromatic N) is 5. The number of hydrogen-bond donors (Lipinski definition) is 3. The van der Waals surface area contributed by atoms with E-state index < -0.39 is 77.3 Å². The molecule has 4 rings (SSSR count). The van der Waals surface area contributed by atoms with Crippen molar-refractivity contribution in [3.8, 4) is 0 Å². The number of hydrogen-bond acceptors (Lipinski definition) is 18. The van der Waals surface area contributed by atoms with Crippen LogP contribution in [0.15, 0.2) is 59.1 Å². The number of hydroxylamine groups is 2. The van der Waals surface area contributed by atoms with Gasteiger partial charge >= 0.3 is 18.0 Å². The number of β-lactam (4-membered cyclic amide) rings is 1. The monoisotopic (exact) mass is 730 g/mol. The molecule has 1 aromatic heterocycles. The van der Waals surface area contributed by atoms with Gasteiger partial charge in [-0.25, -0.2) is 24.4 Å². The molecule has 1 fully saturated rings. The molecule has 3 aromatic rings. The Labute approximate surface area is 289 Å². The van der Waals surface area contributed by atoms with Crippen molar-refractivity contribution >= 4 is 63.4 Å². The summed E-state index contributed by atoms with van der Waals surface area (Å²) in [5.74, 6) is -3.75. The molecular weight excluding hydrogens is 704 g/mol. The van der Waals surface area contributed by atoms with Crippen LogP contribution in [0.5, 0.6) is 0 Å². The molecule has 0 spiro atoms. The summed E-state index contributed by atoms with van der Waals surface area (Å²) in [5.41, 5.74) is 10.7. The molecule has 0 unspecified atom stereocenters. The molecule has 2 heterocycles. The first-order valence-electron chi connectivity index (χ1n) is 14.2. The number of aromatic nitrogens is 1. The van der Waals surface area contributed by atoms with E-state index in [1.165, 1.54) is 53.9 Å². The highest BCUT2D eigenvalue weighted by atomic mass is 32.1. The average Bonchev–Trinajstić information content (AvgIpc) is 3.54. The van der Waals surface area contributed by atoms with E-state index in [2.05, 4.69) is 15.5 Å². The SMILES string of the molecule is NC(=O)OC[C@H]1[C@H](NC(=O)C(=NOCC(=O)OCc2ccc([N+](=O)[O-])cc2)c2csc(N)n2)C(=O)N1OCC(=O)OCc1ccc([N+](=O)[O-])cc1. The van der Waals surface area contributed by atoms with Gasteiger partial charge in [0.25, 0.3) is 23.2 Å². The van der Waals surface area contributed by atoms with Crippen LogP contribution in [0.25, 0.3) is 0 Å². The van der Waals surface area contributed by atoms with E-state index in [9.17, 15) is 44.2 Å². The summed E-state index contributed by atoms with van der Waals surface area (Å²) >= 11 is 0.942. The molecule has 22 nitrogen and oxygen atoms in total. The van der Waals surface area contributed by atoms with Crippen molar-refractivity contribution in [1.82, 2.24) is 15.4 Å². The number of benzene rings is 2. The van der Waals surface area contributed by atoms with Gasteiger partial charge in [0.1, 0.15) is 37.6 Å². The Morgan fingerprint density at radius 1 is 0.902 bits per heavy atom. The van der Waals surface area contributed by atoms with Crippen molar-refractivity contribution in [2.75, 3.05) is 25.6 Å². The second-order valence-corrected chi connectivity index (χ2v) is 10.9. The van der Waals surface area contributed by atoms with Gasteiger partial charge in [0.05, 0.1) is 9.85 Å². The number of nitrogens with two attached hydrogens (primary N) is 2. The number of carbonyl (C=O) groups excluding carboxylic acids is 5. The van der Waals surface area contributed by atoms with Crippen molar-refractivity contribution < 1.29 is 57.7 Å². The molecule has 268 valence electrons. The summed E-state index contributed by atoms with van der Waals surface area (Å²) in [4.78, 5) is 96.5. The minimum atomic E-state index is -1.40. The van der Waals surface area contributed by atoms with E-state index >= 15 is 0 Å². The highest BCUT2D eigenvalue weighted by Crippen LogP contribution is 2.22. The van der Waals surface area contributed by atoms with E-state index in [4.69, 9.17) is 35.4 Å². The van der Waals surface area contributed by atoms with Crippen LogP contribution in [0.1, 0.15) is 16.8 Å². The first-order valence-corrected chi connectivity index (χ1v) is 15.1. The van der Waals surface area contributed by atoms with E-state index in [0.29, 0.717) is 16.2 Å². The van der Waals surface area contributed by atoms with Crippen molar-refractivity contribution in [3.63, 3.8) is 0 Å². The zero-order valence-electron chi connectivity index (χ0n) is 25.9. The maximum Gasteiger partial charge on any atom is 0.404 e. The number of nitrogen functional groups attached to an aromatic ring is 1. The van der Waals surface area contributed by atoms with Gasteiger partial charge in [0.15, 0.2) is 17.5 Å². The number of nitro groups is 2. The largest absolute Gasteiger partial charge is 0.459 e. The number of esters is 2. The molecule has 5 N–H and O–H groups in total. The number of nitro benzene ring substituents is 2. The van der Waals surface area contributed by atoms with E-state index in [1.807, 2.05) is 0 Å². The summed E-state index contributed by atoms with van der Waals surface area (Å²) < 4.78 is 14.9. The number of carbonyl (C=O) groups is 5. The molecule has 1 aliphatic rings. The molecule has 1 aliphatic heterocycles. The number of non-ortho nitro benzene ring substituents is 2. The molecular formula is C28H26N8O14S. The molecule has 0 radical (unpaired) electrons. The molecule has 0 saturated carbocycles. The number of nitrogens with one attached hydrogen (secondary N) is 1. The molecule has 1 saturated heterocycles. The first-order chi connectivity index (χ1) is 24.3. The Morgan fingerprint density at radius 3 is 1.94 bits per heavy atom. The predicted molar refractivity (Wildman–Crippen MR) is 169 cm³/mol. The second kappa shape index (κ2) is 17.1. The van der Waals surface area contributed by atoms with Crippen LogP contribution in [0, 0.1) is 20.2 Å². The van der Waals surface area contributed by atoms with Crippen molar-refractivity contribution in [2.45, 2.75) is 25.3 Å². The standard InChI is InChI=1S/C28H26N8O14S/c29-27-31-19(14-51-27)23(33-49-12-21(37)46-9-15-1-5-17(6-2-15)35(42)43)25(39)32-24-20(11-48-28(30)41)34(26(24)40)50-13-22(38)47-10-16-3-7-18(8-4-16)36(44)45/h1-8,14,20,24H,9-13H2,(H2,29,31)(H2,30,41)(H,32,39)/t20-,24-/m0/s1. The van der Waals surface area contributed by atoms with Crippen molar-refractivity contribution in [1.29, 1.82) is 0 Å². The first kappa shape index (κ1) is 37.1. The lowest BCUT2D eigenvalue weighted by Gasteiger charge is -2.44. The van der Waals surface area contributed by atoms with Gasteiger partial charge in [-0.1, -0.05) is 5.16 Å². The van der Waals surface area contributed by atoms with Crippen molar-refractivity contribution in [3.05, 3.63) is 91.0 Å². The maximum atomic E-state index is 13.3. The highest BCUT2D eigenvalue weighted by Gasteiger charge is 2.51. The van der Waals surface area contributed by atoms with Crippen LogP contribution in [0.4, 0.5) is 21.3 Å². The third-order valence-electron chi connectivity index (χ3n) is 6.59. The number of amides is 3. The summed E-state index contributed by atoms with van der Waals surface area (Å²) in [5, 5.41) is 29.7. The second-order valence-electron chi connectivity index (χ2n) is 10.0. The fourth-order valence-electron chi connectivity index (χ4n) is 4.09. The van der Waals surface area contributed by atoms with E-state index in [0.717, 1.165) is 11.3 Å². The summed E-state index contributed by atoms with van der Waals surface area (Å²) in [7, 11) is 0. The van der Waals surface area contributed by atoms with Crippen molar-refractivity contribution in [2.24, 2.45) is 10.9 Å². The molecule has 3 amide bonds. The van der Waals surface area contributed by atoms with Crippen LogP contribution < -0.4 is 16.8 Å². The van der Waals surface area contributed by atoms with Crippen LogP contribution >= 0.6 is 11.3 Å². The number of thiazole rings is 1. The third kappa shape index (κ3) is 10.4. The summed E-state index contributed by atoms with van der Waals surface area (Å²) in [6, 6.07) is 7.88. The number of oxime groups is 1. The van der Waals surface area contributed by atoms with Gasteiger partial charge in [0.2, 0.25) is 6.61 Å². The fraction of sp³-hybridized carbons (Fsp3) is 0.250. The van der Waals surface area contributed by atoms with E-state index in [-0.39, 0.29) is 35.4 Å². The average molecular weight is 731 g/mol. The van der Waals surface area contributed by atoms with Crippen LogP contribution in [-0.4, -0.2) is 87.4 Å². The normalized spacial score (nSPS) is 15.3. The Balaban J connectivity index is 1.34. The molecule has 2 aromatic carbocycles. The maximum absolute atomic E-state index is 13.3. The number of ether oxygens (including phenoxy) is 3. The summed E-state index contributed by atoms with van der Waals surface area (Å²) in [6.45, 7) is -2.64. The van der Waals surface area contributed by atoms with Gasteiger partial charge in [-0.15, -0.1) is 11.3 Å². The quantitative estimate of drug-likeness (QED) is 0.0424. The molecule has 0 bridgehead atoms. The van der Waals surface area contributed by atoms with Gasteiger partial charge < -0.3 is 35.8 Å². The van der Waals surface area contributed by atoms with Gasteiger partial charge in [-0.05, 0) is 35.4 Å². The molecule has 23 heteroatoms. The fourth-order valence-corrected chi connectivity index (χ4v) is 4.64. The third-order valence-corrected chi connectivity index (χ3v) is 7.26. The minimum Gasteiger partial charge on any atom is -0.459 e.